The number of nitrogens with zero attached hydrogens (tertiary/aromatic N) is 3. The lowest BCUT2D eigenvalue weighted by atomic mass is 9.99. The molecule has 1 saturated carbocycles. The minimum atomic E-state index is 0.724. The molecule has 0 radical (unpaired) electrons. The summed E-state index contributed by atoms with van der Waals surface area (Å²) in [6.07, 6.45) is 8.19. The van der Waals surface area contributed by atoms with Gasteiger partial charge in [0.05, 0.1) is 0 Å². The summed E-state index contributed by atoms with van der Waals surface area (Å²) in [4.78, 5) is 11.3. The summed E-state index contributed by atoms with van der Waals surface area (Å²) in [7, 11) is 1.80. The minimum Gasteiger partial charge on any atom is -0.381 e. The van der Waals surface area contributed by atoms with E-state index >= 15 is 0 Å². The van der Waals surface area contributed by atoms with Gasteiger partial charge in [0.2, 0.25) is 0 Å². The summed E-state index contributed by atoms with van der Waals surface area (Å²) in [5.74, 6) is 3.60. The Balaban J connectivity index is 1.32. The van der Waals surface area contributed by atoms with E-state index in [1.54, 1.807) is 7.05 Å². The molecule has 0 bridgehead atoms. The molecule has 2 N–H and O–H groups in total. The molecule has 1 aromatic rings. The molecule has 1 aliphatic carbocycles. The van der Waals surface area contributed by atoms with E-state index in [0.717, 1.165) is 69.4 Å². The molecule has 0 spiro atoms. The zero-order valence-electron chi connectivity index (χ0n) is 16.9. The zero-order valence-corrected chi connectivity index (χ0v) is 16.9. The molecule has 6 nitrogen and oxygen atoms in total. The number of hydrogen-bond acceptors (Lipinski definition) is 4. The summed E-state index contributed by atoms with van der Waals surface area (Å²) in [6, 6.07) is 4.30. The molecule has 0 aromatic carbocycles. The van der Waals surface area contributed by atoms with Gasteiger partial charge in [-0.2, -0.15) is 0 Å². The van der Waals surface area contributed by atoms with E-state index in [4.69, 9.17) is 4.74 Å². The third-order valence-electron chi connectivity index (χ3n) is 5.41. The Labute approximate surface area is 163 Å². The smallest absolute Gasteiger partial charge is 0.191 e. The van der Waals surface area contributed by atoms with Crippen LogP contribution in [0.25, 0.3) is 0 Å². The van der Waals surface area contributed by atoms with Crippen LogP contribution in [0.5, 0.6) is 0 Å². The number of pyridine rings is 1. The monoisotopic (exact) mass is 373 g/mol. The molecule has 150 valence electrons. The third-order valence-corrected chi connectivity index (χ3v) is 5.41. The average Bonchev–Trinajstić information content (AvgIpc) is 3.52. The van der Waals surface area contributed by atoms with Gasteiger partial charge in [-0.25, -0.2) is 4.98 Å². The van der Waals surface area contributed by atoms with Crippen molar-refractivity contribution in [2.75, 3.05) is 44.8 Å². The highest BCUT2D eigenvalue weighted by Gasteiger charge is 2.20. The van der Waals surface area contributed by atoms with Crippen molar-refractivity contribution in [3.8, 4) is 0 Å². The number of aromatic nitrogens is 1. The zero-order chi connectivity index (χ0) is 18.9. The third kappa shape index (κ3) is 7.01. The van der Waals surface area contributed by atoms with E-state index in [9.17, 15) is 0 Å². The van der Waals surface area contributed by atoms with Crippen LogP contribution >= 0.6 is 0 Å². The van der Waals surface area contributed by atoms with Gasteiger partial charge in [-0.15, -0.1) is 0 Å². The molecule has 0 amide bonds. The van der Waals surface area contributed by atoms with Gasteiger partial charge in [-0.3, -0.25) is 4.99 Å². The Kier molecular flexibility index (Phi) is 7.75. The molecule has 1 aliphatic heterocycles. The van der Waals surface area contributed by atoms with Crippen LogP contribution in [-0.2, 0) is 11.3 Å². The highest BCUT2D eigenvalue weighted by atomic mass is 16.5. The molecule has 27 heavy (non-hydrogen) atoms. The number of nitrogens with one attached hydrogen (secondary N) is 2. The van der Waals surface area contributed by atoms with Crippen molar-refractivity contribution in [2.45, 2.75) is 45.6 Å². The van der Waals surface area contributed by atoms with Crippen LogP contribution in [0.15, 0.2) is 23.3 Å². The van der Waals surface area contributed by atoms with Crippen molar-refractivity contribution in [1.82, 2.24) is 15.6 Å². The normalized spacial score (nSPS) is 18.6. The van der Waals surface area contributed by atoms with Crippen LogP contribution in [0.2, 0.25) is 0 Å². The molecular formula is C21H35N5O. The molecule has 2 fully saturated rings. The molecule has 2 aliphatic rings. The van der Waals surface area contributed by atoms with E-state index in [1.165, 1.54) is 31.2 Å². The maximum Gasteiger partial charge on any atom is 0.191 e. The van der Waals surface area contributed by atoms with Crippen molar-refractivity contribution >= 4 is 11.8 Å². The van der Waals surface area contributed by atoms with Crippen molar-refractivity contribution < 1.29 is 4.74 Å². The quantitative estimate of drug-likeness (QED) is 0.396. The van der Waals surface area contributed by atoms with Crippen LogP contribution in [0.1, 0.15) is 44.6 Å². The van der Waals surface area contributed by atoms with Crippen LogP contribution in [0.3, 0.4) is 0 Å². The molecule has 2 heterocycles. The number of rotatable bonds is 9. The molecule has 1 saturated heterocycles. The lowest BCUT2D eigenvalue weighted by molar-refractivity contribution is 0.123. The number of piperidine rings is 1. The number of anilines is 1. The fourth-order valence-electron chi connectivity index (χ4n) is 3.27. The van der Waals surface area contributed by atoms with Crippen LogP contribution < -0.4 is 15.5 Å². The lowest BCUT2D eigenvalue weighted by Crippen LogP contribution is -2.37. The Morgan fingerprint density at radius 1 is 1.22 bits per heavy atom. The van der Waals surface area contributed by atoms with Crippen LogP contribution in [0.4, 0.5) is 5.82 Å². The van der Waals surface area contributed by atoms with E-state index in [2.05, 4.69) is 44.6 Å². The van der Waals surface area contributed by atoms with Crippen molar-refractivity contribution in [3.05, 3.63) is 23.9 Å². The van der Waals surface area contributed by atoms with Gasteiger partial charge in [-0.1, -0.05) is 13.0 Å². The molecule has 1 aromatic heterocycles. The molecule has 3 rings (SSSR count). The predicted octanol–water partition coefficient (Wildman–Crippen LogP) is 2.80. The second kappa shape index (κ2) is 10.5. The van der Waals surface area contributed by atoms with Gasteiger partial charge in [0.1, 0.15) is 5.82 Å². The fourth-order valence-corrected chi connectivity index (χ4v) is 3.27. The van der Waals surface area contributed by atoms with Crippen molar-refractivity contribution in [3.63, 3.8) is 0 Å². The Hall–Kier alpha value is -1.82. The molecular weight excluding hydrogens is 338 g/mol. The second-order valence-corrected chi connectivity index (χ2v) is 7.92. The average molecular weight is 374 g/mol. The first kappa shape index (κ1) is 19.9. The maximum absolute atomic E-state index is 5.66. The summed E-state index contributed by atoms with van der Waals surface area (Å²) in [5, 5.41) is 6.69. The lowest BCUT2D eigenvalue weighted by Gasteiger charge is -2.31. The number of hydrogen-bond donors (Lipinski definition) is 2. The standard InChI is InChI=1S/C21H35N5O/c1-17-8-11-26(12-9-17)20-7-6-19(14-24-20)15-25-21(22-2)23-10-3-13-27-16-18-4-5-18/h6-7,14,17-18H,3-5,8-13,15-16H2,1-2H3,(H2,22,23,25). The second-order valence-electron chi connectivity index (χ2n) is 7.92. The largest absolute Gasteiger partial charge is 0.381 e. The number of guanidine groups is 1. The Morgan fingerprint density at radius 2 is 2.04 bits per heavy atom. The Bertz CT molecular complexity index is 577. The summed E-state index contributed by atoms with van der Waals surface area (Å²) in [5.41, 5.74) is 1.17. The van der Waals surface area contributed by atoms with Gasteiger partial charge in [-0.05, 0) is 55.6 Å². The van der Waals surface area contributed by atoms with Gasteiger partial charge in [0.15, 0.2) is 5.96 Å². The number of ether oxygens (including phenoxy) is 1. The topological polar surface area (TPSA) is 61.8 Å². The van der Waals surface area contributed by atoms with Crippen molar-refractivity contribution in [2.24, 2.45) is 16.8 Å². The van der Waals surface area contributed by atoms with E-state index in [1.807, 2.05) is 6.20 Å². The maximum atomic E-state index is 5.66. The first-order valence-electron chi connectivity index (χ1n) is 10.5. The van der Waals surface area contributed by atoms with Crippen LogP contribution in [0, 0.1) is 11.8 Å². The number of aliphatic imine (C=N–C) groups is 1. The van der Waals surface area contributed by atoms with E-state index in [-0.39, 0.29) is 0 Å². The van der Waals surface area contributed by atoms with Gasteiger partial charge >= 0.3 is 0 Å². The molecule has 0 unspecified atom stereocenters. The summed E-state index contributed by atoms with van der Waals surface area (Å²) >= 11 is 0. The van der Waals surface area contributed by atoms with Gasteiger partial charge in [0.25, 0.3) is 0 Å². The highest BCUT2D eigenvalue weighted by Crippen LogP contribution is 2.28. The fraction of sp³-hybridized carbons (Fsp3) is 0.714. The van der Waals surface area contributed by atoms with Crippen molar-refractivity contribution in [1.29, 1.82) is 0 Å². The molecule has 0 atom stereocenters. The van der Waals surface area contributed by atoms with Crippen LogP contribution in [-0.4, -0.2) is 50.8 Å². The minimum absolute atomic E-state index is 0.724. The summed E-state index contributed by atoms with van der Waals surface area (Å²) in [6.45, 7) is 7.92. The van der Waals surface area contributed by atoms with Gasteiger partial charge in [0, 0.05) is 52.6 Å². The SMILES string of the molecule is CN=C(NCCCOCC1CC1)NCc1ccc(N2CCC(C)CC2)nc1. The summed E-state index contributed by atoms with van der Waals surface area (Å²) < 4.78 is 5.66. The predicted molar refractivity (Wildman–Crippen MR) is 111 cm³/mol. The first-order chi connectivity index (χ1) is 13.2. The Morgan fingerprint density at radius 3 is 2.70 bits per heavy atom. The van der Waals surface area contributed by atoms with E-state index in [0.29, 0.717) is 0 Å². The highest BCUT2D eigenvalue weighted by molar-refractivity contribution is 5.79. The van der Waals surface area contributed by atoms with E-state index < -0.39 is 0 Å². The molecule has 6 heteroatoms. The van der Waals surface area contributed by atoms with Gasteiger partial charge < -0.3 is 20.3 Å². The first-order valence-corrected chi connectivity index (χ1v) is 10.5.